The van der Waals surface area contributed by atoms with Crippen molar-refractivity contribution in [2.45, 2.75) is 45.1 Å². The highest BCUT2D eigenvalue weighted by Gasteiger charge is 2.33. The SMILES string of the molecule is Cc1nc2c(C(=O)O)cccc2n1C1(C)CCCC1. The molecule has 2 aromatic rings. The summed E-state index contributed by atoms with van der Waals surface area (Å²) in [7, 11) is 0. The van der Waals surface area contributed by atoms with Gasteiger partial charge in [-0.3, -0.25) is 0 Å². The molecule has 1 aromatic carbocycles. The third kappa shape index (κ3) is 1.74. The van der Waals surface area contributed by atoms with Gasteiger partial charge in [-0.05, 0) is 38.8 Å². The number of carboxylic acids is 1. The van der Waals surface area contributed by atoms with E-state index in [-0.39, 0.29) is 5.54 Å². The standard InChI is InChI=1S/C15H18N2O2/c1-10-16-13-11(14(18)19)6-5-7-12(13)17(10)15(2)8-3-4-9-15/h5-7H,3-4,8-9H2,1-2H3,(H,18,19). The Morgan fingerprint density at radius 2 is 2.05 bits per heavy atom. The zero-order valence-electron chi connectivity index (χ0n) is 11.3. The molecular formula is C15H18N2O2. The fourth-order valence-corrected chi connectivity index (χ4v) is 3.43. The lowest BCUT2D eigenvalue weighted by molar-refractivity contribution is 0.0699. The number of aromatic nitrogens is 2. The normalized spacial score (nSPS) is 18.0. The largest absolute Gasteiger partial charge is 0.478 e. The Morgan fingerprint density at radius 1 is 1.37 bits per heavy atom. The van der Waals surface area contributed by atoms with Crippen LogP contribution in [0.2, 0.25) is 0 Å². The molecule has 0 saturated heterocycles. The van der Waals surface area contributed by atoms with E-state index in [1.165, 1.54) is 12.8 Å². The molecule has 0 bridgehead atoms. The second-order valence-corrected chi connectivity index (χ2v) is 5.68. The number of carboxylic acid groups (broad SMARTS) is 1. The van der Waals surface area contributed by atoms with E-state index in [2.05, 4.69) is 16.5 Å². The molecule has 0 atom stereocenters. The summed E-state index contributed by atoms with van der Waals surface area (Å²) in [6.45, 7) is 4.22. The van der Waals surface area contributed by atoms with Gasteiger partial charge in [-0.15, -0.1) is 0 Å². The van der Waals surface area contributed by atoms with E-state index in [1.807, 2.05) is 19.1 Å². The van der Waals surface area contributed by atoms with Gasteiger partial charge in [0.1, 0.15) is 11.3 Å². The van der Waals surface area contributed by atoms with E-state index >= 15 is 0 Å². The first-order valence-corrected chi connectivity index (χ1v) is 6.75. The molecule has 1 aliphatic carbocycles. The van der Waals surface area contributed by atoms with Crippen LogP contribution < -0.4 is 0 Å². The molecule has 0 spiro atoms. The zero-order valence-corrected chi connectivity index (χ0v) is 11.3. The van der Waals surface area contributed by atoms with Gasteiger partial charge in [-0.25, -0.2) is 9.78 Å². The summed E-state index contributed by atoms with van der Waals surface area (Å²) in [5.74, 6) is -0.0000694. The molecule has 1 N–H and O–H groups in total. The molecule has 4 nitrogen and oxygen atoms in total. The molecule has 1 aromatic heterocycles. The van der Waals surface area contributed by atoms with E-state index in [1.54, 1.807) is 6.07 Å². The van der Waals surface area contributed by atoms with Gasteiger partial charge in [0, 0.05) is 5.54 Å². The number of hydrogen-bond acceptors (Lipinski definition) is 2. The Bertz CT molecular complexity index is 651. The number of benzene rings is 1. The number of aromatic carboxylic acids is 1. The van der Waals surface area contributed by atoms with E-state index in [0.29, 0.717) is 11.1 Å². The second kappa shape index (κ2) is 4.08. The first-order valence-electron chi connectivity index (χ1n) is 6.75. The van der Waals surface area contributed by atoms with Gasteiger partial charge in [0.15, 0.2) is 0 Å². The molecule has 0 radical (unpaired) electrons. The molecule has 0 amide bonds. The van der Waals surface area contributed by atoms with Crippen LogP contribution in [0.4, 0.5) is 0 Å². The molecule has 4 heteroatoms. The second-order valence-electron chi connectivity index (χ2n) is 5.68. The third-order valence-electron chi connectivity index (χ3n) is 4.30. The van der Waals surface area contributed by atoms with Crippen molar-refractivity contribution in [1.29, 1.82) is 0 Å². The van der Waals surface area contributed by atoms with Crippen molar-refractivity contribution >= 4 is 17.0 Å². The molecule has 0 unspecified atom stereocenters. The number of fused-ring (bicyclic) bond motifs is 1. The topological polar surface area (TPSA) is 55.1 Å². The van der Waals surface area contributed by atoms with E-state index in [0.717, 1.165) is 24.2 Å². The molecule has 1 saturated carbocycles. The van der Waals surface area contributed by atoms with Crippen molar-refractivity contribution in [2.75, 3.05) is 0 Å². The molecule has 1 aliphatic rings. The summed E-state index contributed by atoms with van der Waals surface area (Å²) in [6, 6.07) is 5.41. The number of nitrogens with zero attached hydrogens (tertiary/aromatic N) is 2. The Hall–Kier alpha value is -1.84. The van der Waals surface area contributed by atoms with Gasteiger partial charge in [0.05, 0.1) is 11.1 Å². The number of para-hydroxylation sites is 1. The van der Waals surface area contributed by atoms with Gasteiger partial charge in [0.25, 0.3) is 0 Å². The Labute approximate surface area is 112 Å². The Kier molecular flexibility index (Phi) is 2.62. The monoisotopic (exact) mass is 258 g/mol. The highest BCUT2D eigenvalue weighted by atomic mass is 16.4. The molecular weight excluding hydrogens is 240 g/mol. The van der Waals surface area contributed by atoms with Crippen LogP contribution in [0.25, 0.3) is 11.0 Å². The highest BCUT2D eigenvalue weighted by molar-refractivity contribution is 6.01. The lowest BCUT2D eigenvalue weighted by atomic mass is 9.99. The van der Waals surface area contributed by atoms with Crippen LogP contribution in [0.3, 0.4) is 0 Å². The van der Waals surface area contributed by atoms with Crippen molar-refractivity contribution in [3.63, 3.8) is 0 Å². The maximum absolute atomic E-state index is 11.3. The van der Waals surface area contributed by atoms with Gasteiger partial charge in [-0.2, -0.15) is 0 Å². The quantitative estimate of drug-likeness (QED) is 0.898. The summed E-state index contributed by atoms with van der Waals surface area (Å²) < 4.78 is 2.24. The third-order valence-corrected chi connectivity index (χ3v) is 4.30. The molecule has 19 heavy (non-hydrogen) atoms. The Morgan fingerprint density at radius 3 is 2.68 bits per heavy atom. The molecule has 1 heterocycles. The summed E-state index contributed by atoms with van der Waals surface area (Å²) in [6.07, 6.45) is 4.73. The zero-order chi connectivity index (χ0) is 13.6. The highest BCUT2D eigenvalue weighted by Crippen LogP contribution is 2.39. The lowest BCUT2D eigenvalue weighted by Crippen LogP contribution is -2.27. The number of hydrogen-bond donors (Lipinski definition) is 1. The fourth-order valence-electron chi connectivity index (χ4n) is 3.43. The van der Waals surface area contributed by atoms with E-state index < -0.39 is 5.97 Å². The van der Waals surface area contributed by atoms with Gasteiger partial charge in [-0.1, -0.05) is 18.9 Å². The van der Waals surface area contributed by atoms with Crippen molar-refractivity contribution in [3.8, 4) is 0 Å². The minimum absolute atomic E-state index is 0.0793. The maximum Gasteiger partial charge on any atom is 0.337 e. The number of rotatable bonds is 2. The predicted octanol–water partition coefficient (Wildman–Crippen LogP) is 3.33. The first-order chi connectivity index (χ1) is 9.03. The average molecular weight is 258 g/mol. The van der Waals surface area contributed by atoms with Crippen LogP contribution in [0.5, 0.6) is 0 Å². The first kappa shape index (κ1) is 12.2. The van der Waals surface area contributed by atoms with E-state index in [9.17, 15) is 9.90 Å². The van der Waals surface area contributed by atoms with Crippen molar-refractivity contribution in [2.24, 2.45) is 0 Å². The van der Waals surface area contributed by atoms with Crippen LogP contribution in [0.15, 0.2) is 18.2 Å². The molecule has 0 aliphatic heterocycles. The predicted molar refractivity (Wildman–Crippen MR) is 73.5 cm³/mol. The minimum Gasteiger partial charge on any atom is -0.478 e. The van der Waals surface area contributed by atoms with Crippen LogP contribution in [-0.2, 0) is 5.54 Å². The maximum atomic E-state index is 11.3. The summed E-state index contributed by atoms with van der Waals surface area (Å²) >= 11 is 0. The summed E-state index contributed by atoms with van der Waals surface area (Å²) in [5, 5.41) is 9.26. The van der Waals surface area contributed by atoms with Gasteiger partial charge >= 0.3 is 5.97 Å². The summed E-state index contributed by atoms with van der Waals surface area (Å²) in [5.41, 5.74) is 1.93. The number of carbonyl (C=O) groups is 1. The van der Waals surface area contributed by atoms with E-state index in [4.69, 9.17) is 0 Å². The van der Waals surface area contributed by atoms with Crippen molar-refractivity contribution < 1.29 is 9.90 Å². The summed E-state index contributed by atoms with van der Waals surface area (Å²) in [4.78, 5) is 15.8. The average Bonchev–Trinajstić information content (AvgIpc) is 2.91. The van der Waals surface area contributed by atoms with Crippen molar-refractivity contribution in [1.82, 2.24) is 9.55 Å². The van der Waals surface area contributed by atoms with Gasteiger partial charge < -0.3 is 9.67 Å². The lowest BCUT2D eigenvalue weighted by Gasteiger charge is -2.28. The molecule has 1 fully saturated rings. The van der Waals surface area contributed by atoms with Crippen molar-refractivity contribution in [3.05, 3.63) is 29.6 Å². The number of imidazole rings is 1. The van der Waals surface area contributed by atoms with Crippen LogP contribution in [0.1, 0.15) is 48.8 Å². The van der Waals surface area contributed by atoms with Crippen LogP contribution >= 0.6 is 0 Å². The van der Waals surface area contributed by atoms with Gasteiger partial charge in [0.2, 0.25) is 0 Å². The van der Waals surface area contributed by atoms with Crippen LogP contribution in [0, 0.1) is 6.92 Å². The smallest absolute Gasteiger partial charge is 0.337 e. The fraction of sp³-hybridized carbons (Fsp3) is 0.467. The number of aryl methyl sites for hydroxylation is 1. The minimum atomic E-state index is -0.910. The van der Waals surface area contributed by atoms with Crippen LogP contribution in [-0.4, -0.2) is 20.6 Å². The Balaban J connectivity index is 2.29. The molecule has 3 rings (SSSR count). The molecule has 100 valence electrons.